The van der Waals surface area contributed by atoms with E-state index in [1.54, 1.807) is 12.1 Å². The first-order chi connectivity index (χ1) is 12.2. The lowest BCUT2D eigenvalue weighted by molar-refractivity contribution is -0.137. The van der Waals surface area contributed by atoms with E-state index in [1.165, 1.54) is 24.4 Å². The fourth-order valence-electron chi connectivity index (χ4n) is 1.93. The molecule has 0 aliphatic rings. The second kappa shape index (κ2) is 7.68. The zero-order chi connectivity index (χ0) is 19.3. The number of aromatic nitrogens is 1. The average Bonchev–Trinajstić information content (AvgIpc) is 2.59. The molecule has 1 amide bonds. The molecule has 2 aromatic rings. The highest BCUT2D eigenvalue weighted by Gasteiger charge is 2.31. The van der Waals surface area contributed by atoms with Crippen molar-refractivity contribution in [3.8, 4) is 0 Å². The molecular formula is C17H14F4N4O. The Balaban J connectivity index is 2.14. The van der Waals surface area contributed by atoms with Crippen LogP contribution in [0.15, 0.2) is 60.6 Å². The molecule has 2 rings (SSSR count). The minimum atomic E-state index is -4.65. The number of hydrogen-bond acceptors (Lipinski definition) is 4. The number of carbonyl (C=O) groups excluding carboxylic acids is 1. The summed E-state index contributed by atoms with van der Waals surface area (Å²) in [5, 5.41) is 2.34. The summed E-state index contributed by atoms with van der Waals surface area (Å²) in [4.78, 5) is 15.7. The van der Waals surface area contributed by atoms with Crippen LogP contribution in [0.2, 0.25) is 0 Å². The van der Waals surface area contributed by atoms with E-state index >= 15 is 0 Å². The van der Waals surface area contributed by atoms with Gasteiger partial charge >= 0.3 is 6.18 Å². The van der Waals surface area contributed by atoms with Crippen LogP contribution in [0.25, 0.3) is 5.70 Å². The molecule has 5 N–H and O–H groups in total. The van der Waals surface area contributed by atoms with E-state index in [1.807, 2.05) is 0 Å². The zero-order valence-corrected chi connectivity index (χ0v) is 13.2. The van der Waals surface area contributed by atoms with Gasteiger partial charge in [-0.15, -0.1) is 0 Å². The molecule has 0 radical (unpaired) electrons. The first kappa shape index (κ1) is 19.0. The van der Waals surface area contributed by atoms with Crippen molar-refractivity contribution in [2.45, 2.75) is 6.18 Å². The van der Waals surface area contributed by atoms with E-state index in [2.05, 4.69) is 10.3 Å². The van der Waals surface area contributed by atoms with Crippen molar-refractivity contribution in [1.29, 1.82) is 0 Å². The largest absolute Gasteiger partial charge is 0.416 e. The molecule has 1 aromatic carbocycles. The normalized spacial score (nSPS) is 12.8. The molecule has 0 saturated heterocycles. The minimum Gasteiger partial charge on any atom is -0.398 e. The topological polar surface area (TPSA) is 94.0 Å². The second-order valence-electron chi connectivity index (χ2n) is 5.11. The van der Waals surface area contributed by atoms with E-state index in [9.17, 15) is 22.4 Å². The highest BCUT2D eigenvalue weighted by molar-refractivity contribution is 5.93. The maximum absolute atomic E-state index is 13.8. The van der Waals surface area contributed by atoms with Crippen LogP contribution in [0.3, 0.4) is 0 Å². The van der Waals surface area contributed by atoms with Gasteiger partial charge in [0.25, 0.3) is 5.91 Å². The van der Waals surface area contributed by atoms with Crippen molar-refractivity contribution in [3.05, 3.63) is 83.2 Å². The summed E-state index contributed by atoms with van der Waals surface area (Å²) in [6, 6.07) is 6.72. The molecule has 0 saturated carbocycles. The van der Waals surface area contributed by atoms with Crippen LogP contribution in [0.5, 0.6) is 0 Å². The molecule has 9 heteroatoms. The Bertz CT molecular complexity index is 861. The third kappa shape index (κ3) is 4.82. The number of hydrogen-bond donors (Lipinski definition) is 3. The Kier molecular flexibility index (Phi) is 5.61. The Labute approximate surface area is 146 Å². The van der Waals surface area contributed by atoms with Crippen molar-refractivity contribution >= 4 is 11.6 Å². The zero-order valence-electron chi connectivity index (χ0n) is 13.2. The Morgan fingerprint density at radius 3 is 2.42 bits per heavy atom. The van der Waals surface area contributed by atoms with Crippen LogP contribution in [0, 0.1) is 5.82 Å². The van der Waals surface area contributed by atoms with E-state index in [4.69, 9.17) is 11.5 Å². The fourth-order valence-corrected chi connectivity index (χ4v) is 1.93. The van der Waals surface area contributed by atoms with E-state index in [0.717, 1.165) is 12.1 Å². The molecular weight excluding hydrogens is 352 g/mol. The smallest absolute Gasteiger partial charge is 0.398 e. The molecule has 0 bridgehead atoms. The summed E-state index contributed by atoms with van der Waals surface area (Å²) < 4.78 is 51.4. The van der Waals surface area contributed by atoms with Gasteiger partial charge in [-0.3, -0.25) is 9.78 Å². The van der Waals surface area contributed by atoms with Gasteiger partial charge in [0, 0.05) is 17.5 Å². The first-order valence-corrected chi connectivity index (χ1v) is 7.21. The van der Waals surface area contributed by atoms with Gasteiger partial charge in [0.1, 0.15) is 17.3 Å². The van der Waals surface area contributed by atoms with Gasteiger partial charge in [-0.2, -0.15) is 13.2 Å². The van der Waals surface area contributed by atoms with Gasteiger partial charge < -0.3 is 16.8 Å². The number of carbonyl (C=O) groups is 1. The summed E-state index contributed by atoms with van der Waals surface area (Å²) in [6.45, 7) is 0. The lowest BCUT2D eigenvalue weighted by Gasteiger charge is -2.09. The van der Waals surface area contributed by atoms with Crippen molar-refractivity contribution < 1.29 is 22.4 Å². The number of halogens is 4. The number of benzene rings is 1. The maximum atomic E-state index is 13.8. The fraction of sp³-hybridized carbons (Fsp3) is 0.0588. The highest BCUT2D eigenvalue weighted by Crippen LogP contribution is 2.30. The summed E-state index contributed by atoms with van der Waals surface area (Å²) in [7, 11) is 0. The summed E-state index contributed by atoms with van der Waals surface area (Å²) >= 11 is 0. The van der Waals surface area contributed by atoms with Crippen LogP contribution >= 0.6 is 0 Å². The number of pyridine rings is 1. The molecule has 1 heterocycles. The van der Waals surface area contributed by atoms with Crippen molar-refractivity contribution in [3.63, 3.8) is 0 Å². The number of allylic oxidation sites excluding steroid dienone is 2. The molecule has 0 spiro atoms. The first-order valence-electron chi connectivity index (χ1n) is 7.21. The van der Waals surface area contributed by atoms with Crippen molar-refractivity contribution in [2.24, 2.45) is 11.5 Å². The lowest BCUT2D eigenvalue weighted by Crippen LogP contribution is -2.27. The monoisotopic (exact) mass is 366 g/mol. The Hall–Kier alpha value is -3.36. The molecule has 26 heavy (non-hydrogen) atoms. The van der Waals surface area contributed by atoms with Gasteiger partial charge in [-0.1, -0.05) is 6.07 Å². The van der Waals surface area contributed by atoms with E-state index in [0.29, 0.717) is 6.07 Å². The Morgan fingerprint density at radius 1 is 1.12 bits per heavy atom. The maximum Gasteiger partial charge on any atom is 0.416 e. The molecule has 1 aromatic heterocycles. The number of amides is 1. The summed E-state index contributed by atoms with van der Waals surface area (Å²) in [6.07, 6.45) is -0.870. The van der Waals surface area contributed by atoms with Gasteiger partial charge in [0.2, 0.25) is 0 Å². The molecule has 0 aliphatic heterocycles. The molecule has 136 valence electrons. The van der Waals surface area contributed by atoms with Crippen LogP contribution in [0.1, 0.15) is 21.6 Å². The summed E-state index contributed by atoms with van der Waals surface area (Å²) in [5.41, 5.74) is 9.90. The van der Waals surface area contributed by atoms with E-state index < -0.39 is 23.5 Å². The quantitative estimate of drug-likeness (QED) is 0.573. The number of nitrogens with two attached hydrogens (primary N) is 2. The number of alkyl halides is 3. The average molecular weight is 366 g/mol. The minimum absolute atomic E-state index is 0.101. The molecule has 5 nitrogen and oxygen atoms in total. The molecule has 0 atom stereocenters. The predicted molar refractivity (Wildman–Crippen MR) is 87.5 cm³/mol. The summed E-state index contributed by atoms with van der Waals surface area (Å²) in [5.74, 6) is -1.79. The third-order valence-corrected chi connectivity index (χ3v) is 3.21. The van der Waals surface area contributed by atoms with Crippen LogP contribution in [0.4, 0.5) is 17.6 Å². The van der Waals surface area contributed by atoms with Gasteiger partial charge in [0.05, 0.1) is 5.56 Å². The molecule has 0 fully saturated rings. The van der Waals surface area contributed by atoms with Crippen molar-refractivity contribution in [1.82, 2.24) is 10.3 Å². The lowest BCUT2D eigenvalue weighted by atomic mass is 10.1. The van der Waals surface area contributed by atoms with Crippen molar-refractivity contribution in [2.75, 3.05) is 0 Å². The van der Waals surface area contributed by atoms with E-state index in [-0.39, 0.29) is 22.8 Å². The van der Waals surface area contributed by atoms with Gasteiger partial charge in [-0.05, 0) is 42.5 Å². The Morgan fingerprint density at radius 2 is 1.85 bits per heavy atom. The standard InChI is InChI=1S/C17H14F4N4O/c18-12-9-10(17(19,20)21)4-5-11(12)13(22)6-7-15(23)25-16(26)14-3-1-2-8-24-14/h1-9H,22-23H2,(H,25,26)/b13-6-,15-7+. The molecule has 0 aliphatic carbocycles. The number of nitrogens with zero attached hydrogens (tertiary/aromatic N) is 1. The number of rotatable bonds is 4. The third-order valence-electron chi connectivity index (χ3n) is 3.21. The van der Waals surface area contributed by atoms with Crippen LogP contribution < -0.4 is 16.8 Å². The highest BCUT2D eigenvalue weighted by atomic mass is 19.4. The van der Waals surface area contributed by atoms with Crippen LogP contribution in [-0.4, -0.2) is 10.9 Å². The second-order valence-corrected chi connectivity index (χ2v) is 5.11. The van der Waals surface area contributed by atoms with Gasteiger partial charge in [-0.25, -0.2) is 4.39 Å². The molecule has 0 unspecified atom stereocenters. The predicted octanol–water partition coefficient (Wildman–Crippen LogP) is 2.77. The number of nitrogens with one attached hydrogen (secondary N) is 1. The van der Waals surface area contributed by atoms with Gasteiger partial charge in [0.15, 0.2) is 0 Å². The van der Waals surface area contributed by atoms with Crippen LogP contribution in [-0.2, 0) is 6.18 Å². The SMILES string of the molecule is N/C(=C\C=C(/N)NC(=O)c1ccccn1)c1ccc(C(F)(F)F)cc1F.